The third-order valence-corrected chi connectivity index (χ3v) is 11.2. The number of hydrogen-bond acceptors (Lipinski definition) is 1. The predicted molar refractivity (Wildman–Crippen MR) is 215 cm³/mol. The molecule has 0 unspecified atom stereocenters. The first-order chi connectivity index (χ1) is 23.9. The second kappa shape index (κ2) is 11.6. The molecule has 9 aromatic rings. The summed E-state index contributed by atoms with van der Waals surface area (Å²) in [5.74, 6) is 0. The Morgan fingerprint density at radius 3 is 1.39 bits per heavy atom. The molecule has 0 atom stereocenters. The van der Waals surface area contributed by atoms with Crippen molar-refractivity contribution in [3.8, 4) is 44.5 Å². The molecule has 0 radical (unpaired) electrons. The predicted octanol–water partition coefficient (Wildman–Crippen LogP) is 14.3. The Bertz CT molecular complexity index is 2670. The number of rotatable bonds is 4. The van der Waals surface area contributed by atoms with Gasteiger partial charge in [-0.3, -0.25) is 0 Å². The molecule has 0 nitrogen and oxygen atoms in total. The molecule has 0 saturated heterocycles. The molecule has 1 aromatic heterocycles. The van der Waals surface area contributed by atoms with Crippen LogP contribution in [0.2, 0.25) is 0 Å². The van der Waals surface area contributed by atoms with Crippen molar-refractivity contribution in [1.82, 2.24) is 0 Å². The van der Waals surface area contributed by atoms with Gasteiger partial charge >= 0.3 is 0 Å². The second-order valence-corrected chi connectivity index (χ2v) is 15.2. The zero-order valence-electron chi connectivity index (χ0n) is 28.0. The first-order valence-electron chi connectivity index (χ1n) is 17.1. The van der Waals surface area contributed by atoms with Crippen molar-refractivity contribution in [2.45, 2.75) is 26.2 Å². The van der Waals surface area contributed by atoms with E-state index in [0.717, 1.165) is 0 Å². The van der Waals surface area contributed by atoms with Gasteiger partial charge in [0.2, 0.25) is 0 Å². The first kappa shape index (κ1) is 29.6. The fourth-order valence-corrected chi connectivity index (χ4v) is 8.56. The van der Waals surface area contributed by atoms with E-state index in [2.05, 4.69) is 185 Å². The normalized spacial score (nSPS) is 12.0. The molecule has 1 heteroatoms. The quantitative estimate of drug-likeness (QED) is 0.167. The van der Waals surface area contributed by atoms with Gasteiger partial charge in [-0.15, -0.1) is 11.3 Å². The van der Waals surface area contributed by atoms with Gasteiger partial charge < -0.3 is 0 Å². The summed E-state index contributed by atoms with van der Waals surface area (Å²) in [5, 5.41) is 7.79. The molecule has 234 valence electrons. The molecular formula is C48H36S. The highest BCUT2D eigenvalue weighted by molar-refractivity contribution is 7.25. The standard InChI is InChI=1S/C48H36S/c1-48(2,3)37-23-26-45-42(30-37)41-28-36(22-25-44(41)49-45)34-18-12-17-33(27-34)35-21-24-40-43(29-35)47(32-15-8-5-9-16-32)39-20-11-10-19-38(39)46(40)31-13-6-4-7-14-31/h4-30H,1-3H3. The van der Waals surface area contributed by atoms with E-state index in [0.29, 0.717) is 0 Å². The molecule has 0 spiro atoms. The van der Waals surface area contributed by atoms with E-state index in [-0.39, 0.29) is 5.41 Å². The lowest BCUT2D eigenvalue weighted by atomic mass is 9.85. The zero-order valence-corrected chi connectivity index (χ0v) is 28.8. The van der Waals surface area contributed by atoms with Crippen molar-refractivity contribution in [2.24, 2.45) is 0 Å². The van der Waals surface area contributed by atoms with Gasteiger partial charge in [-0.25, -0.2) is 0 Å². The van der Waals surface area contributed by atoms with Crippen molar-refractivity contribution < 1.29 is 0 Å². The molecule has 0 N–H and O–H groups in total. The van der Waals surface area contributed by atoms with E-state index in [1.54, 1.807) is 0 Å². The molecule has 8 aromatic carbocycles. The van der Waals surface area contributed by atoms with Crippen LogP contribution in [0.5, 0.6) is 0 Å². The Morgan fingerprint density at radius 1 is 0.327 bits per heavy atom. The van der Waals surface area contributed by atoms with Gasteiger partial charge in [-0.05, 0) is 113 Å². The molecule has 0 amide bonds. The summed E-state index contributed by atoms with van der Waals surface area (Å²) in [6, 6.07) is 60.7. The first-order valence-corrected chi connectivity index (χ1v) is 17.9. The number of benzene rings is 8. The van der Waals surface area contributed by atoms with Gasteiger partial charge in [-0.2, -0.15) is 0 Å². The fraction of sp³-hybridized carbons (Fsp3) is 0.0833. The molecule has 1 heterocycles. The third-order valence-electron chi connectivity index (χ3n) is 10.0. The highest BCUT2D eigenvalue weighted by Gasteiger charge is 2.18. The van der Waals surface area contributed by atoms with Crippen LogP contribution in [-0.2, 0) is 5.41 Å². The van der Waals surface area contributed by atoms with Crippen LogP contribution >= 0.6 is 11.3 Å². The van der Waals surface area contributed by atoms with Crippen LogP contribution in [0.15, 0.2) is 164 Å². The van der Waals surface area contributed by atoms with E-state index >= 15 is 0 Å². The average Bonchev–Trinajstić information content (AvgIpc) is 3.51. The number of fused-ring (bicyclic) bond motifs is 5. The number of thiophene rings is 1. The topological polar surface area (TPSA) is 0 Å². The molecule has 49 heavy (non-hydrogen) atoms. The Balaban J connectivity index is 1.23. The smallest absolute Gasteiger partial charge is 0.0355 e. The highest BCUT2D eigenvalue weighted by Crippen LogP contribution is 2.45. The molecule has 0 saturated carbocycles. The summed E-state index contributed by atoms with van der Waals surface area (Å²) in [5.41, 5.74) is 11.5. The van der Waals surface area contributed by atoms with Crippen molar-refractivity contribution in [3.63, 3.8) is 0 Å². The summed E-state index contributed by atoms with van der Waals surface area (Å²) < 4.78 is 2.69. The Hall–Kier alpha value is -5.50. The summed E-state index contributed by atoms with van der Waals surface area (Å²) in [6.45, 7) is 6.88. The maximum absolute atomic E-state index is 2.42. The lowest BCUT2D eigenvalue weighted by Crippen LogP contribution is -2.10. The van der Waals surface area contributed by atoms with Gasteiger partial charge in [0.05, 0.1) is 0 Å². The Labute approximate surface area is 291 Å². The van der Waals surface area contributed by atoms with E-state index in [1.165, 1.54) is 91.8 Å². The lowest BCUT2D eigenvalue weighted by molar-refractivity contribution is 0.591. The van der Waals surface area contributed by atoms with E-state index in [1.807, 2.05) is 11.3 Å². The molecule has 9 rings (SSSR count). The van der Waals surface area contributed by atoms with Gasteiger partial charge in [0.1, 0.15) is 0 Å². The third kappa shape index (κ3) is 5.14. The highest BCUT2D eigenvalue weighted by atomic mass is 32.1. The molecular weight excluding hydrogens is 609 g/mol. The maximum Gasteiger partial charge on any atom is 0.0355 e. The van der Waals surface area contributed by atoms with Crippen LogP contribution in [-0.4, -0.2) is 0 Å². The monoisotopic (exact) mass is 644 g/mol. The van der Waals surface area contributed by atoms with Gasteiger partial charge in [0, 0.05) is 20.2 Å². The minimum absolute atomic E-state index is 0.114. The number of hydrogen-bond donors (Lipinski definition) is 0. The second-order valence-electron chi connectivity index (χ2n) is 14.1. The molecule has 0 aliphatic heterocycles. The summed E-state index contributed by atoms with van der Waals surface area (Å²) >= 11 is 1.89. The van der Waals surface area contributed by atoms with E-state index in [9.17, 15) is 0 Å². The van der Waals surface area contributed by atoms with Crippen LogP contribution in [0.25, 0.3) is 86.2 Å². The minimum Gasteiger partial charge on any atom is -0.135 e. The minimum atomic E-state index is 0.114. The van der Waals surface area contributed by atoms with Crippen LogP contribution in [0.4, 0.5) is 0 Å². The summed E-state index contributed by atoms with van der Waals surface area (Å²) in [4.78, 5) is 0. The average molecular weight is 645 g/mol. The van der Waals surface area contributed by atoms with Crippen molar-refractivity contribution >= 4 is 53.1 Å². The van der Waals surface area contributed by atoms with Gasteiger partial charge in [-0.1, -0.05) is 148 Å². The lowest BCUT2D eigenvalue weighted by Gasteiger charge is -2.19. The van der Waals surface area contributed by atoms with Crippen LogP contribution < -0.4 is 0 Å². The Kier molecular flexibility index (Phi) is 7.00. The maximum atomic E-state index is 2.42. The molecule has 0 aliphatic rings. The van der Waals surface area contributed by atoms with Crippen molar-refractivity contribution in [2.75, 3.05) is 0 Å². The Morgan fingerprint density at radius 2 is 0.776 bits per heavy atom. The van der Waals surface area contributed by atoms with Crippen LogP contribution in [0.3, 0.4) is 0 Å². The zero-order chi connectivity index (χ0) is 33.1. The molecule has 0 bridgehead atoms. The van der Waals surface area contributed by atoms with Gasteiger partial charge in [0.25, 0.3) is 0 Å². The van der Waals surface area contributed by atoms with E-state index < -0.39 is 0 Å². The molecule has 0 aliphatic carbocycles. The van der Waals surface area contributed by atoms with Crippen LogP contribution in [0.1, 0.15) is 26.3 Å². The van der Waals surface area contributed by atoms with Crippen LogP contribution in [0, 0.1) is 0 Å². The summed E-state index contributed by atoms with van der Waals surface area (Å²) in [7, 11) is 0. The van der Waals surface area contributed by atoms with E-state index in [4.69, 9.17) is 0 Å². The largest absolute Gasteiger partial charge is 0.135 e. The molecule has 0 fully saturated rings. The summed E-state index contributed by atoms with van der Waals surface area (Å²) in [6.07, 6.45) is 0. The van der Waals surface area contributed by atoms with Crippen molar-refractivity contribution in [3.05, 3.63) is 169 Å². The SMILES string of the molecule is CC(C)(C)c1ccc2sc3ccc(-c4cccc(-c5ccc6c(-c7ccccc7)c7ccccc7c(-c7ccccc7)c6c5)c4)cc3c2c1. The van der Waals surface area contributed by atoms with Crippen molar-refractivity contribution in [1.29, 1.82) is 0 Å². The van der Waals surface area contributed by atoms with Gasteiger partial charge in [0.15, 0.2) is 0 Å². The fourth-order valence-electron chi connectivity index (χ4n) is 7.49.